The number of halogens is 1. The van der Waals surface area contributed by atoms with Gasteiger partial charge in [0.15, 0.2) is 0 Å². The van der Waals surface area contributed by atoms with Crippen molar-refractivity contribution < 1.29 is 4.39 Å². The molecule has 0 bridgehead atoms. The molecule has 22 heavy (non-hydrogen) atoms. The number of hydrogen-bond donors (Lipinski definition) is 0. The summed E-state index contributed by atoms with van der Waals surface area (Å²) in [5, 5.41) is 1.54. The SMILES string of the molecule is CCc1ccc(C#Cc2ccc3c(F)c(C)ccc3c2)cc1. The lowest BCUT2D eigenvalue weighted by atomic mass is 10.0. The summed E-state index contributed by atoms with van der Waals surface area (Å²) in [6.45, 7) is 3.92. The molecule has 0 saturated heterocycles. The van der Waals surface area contributed by atoms with Crippen molar-refractivity contribution in [3.8, 4) is 11.8 Å². The normalized spacial score (nSPS) is 10.3. The van der Waals surface area contributed by atoms with Crippen LogP contribution in [0.15, 0.2) is 54.6 Å². The molecule has 1 heteroatoms. The summed E-state index contributed by atoms with van der Waals surface area (Å²) in [5.41, 5.74) is 3.87. The van der Waals surface area contributed by atoms with Crippen molar-refractivity contribution in [2.24, 2.45) is 0 Å². The highest BCUT2D eigenvalue weighted by atomic mass is 19.1. The fraction of sp³-hybridized carbons (Fsp3) is 0.143. The molecule has 0 amide bonds. The van der Waals surface area contributed by atoms with Crippen molar-refractivity contribution in [3.05, 3.63) is 82.7 Å². The van der Waals surface area contributed by atoms with E-state index in [2.05, 4.69) is 30.9 Å². The average Bonchev–Trinajstić information content (AvgIpc) is 2.57. The molecule has 0 aliphatic heterocycles. The lowest BCUT2D eigenvalue weighted by Gasteiger charge is -2.03. The van der Waals surface area contributed by atoms with Crippen LogP contribution in [0.5, 0.6) is 0 Å². The maximum absolute atomic E-state index is 14.0. The third-order valence-corrected chi connectivity index (χ3v) is 3.86. The van der Waals surface area contributed by atoms with Gasteiger partial charge in [0.25, 0.3) is 0 Å². The van der Waals surface area contributed by atoms with Crippen molar-refractivity contribution in [2.75, 3.05) is 0 Å². The number of fused-ring (bicyclic) bond motifs is 1. The van der Waals surface area contributed by atoms with Crippen LogP contribution in [0.4, 0.5) is 4.39 Å². The molecule has 0 nitrogen and oxygen atoms in total. The van der Waals surface area contributed by atoms with Crippen LogP contribution in [-0.4, -0.2) is 0 Å². The third-order valence-electron chi connectivity index (χ3n) is 3.86. The Kier molecular flexibility index (Phi) is 3.94. The molecule has 108 valence electrons. The van der Waals surface area contributed by atoms with Crippen molar-refractivity contribution >= 4 is 10.8 Å². The van der Waals surface area contributed by atoms with Crippen molar-refractivity contribution in [1.82, 2.24) is 0 Å². The summed E-state index contributed by atoms with van der Waals surface area (Å²) in [7, 11) is 0. The van der Waals surface area contributed by atoms with Crippen LogP contribution in [0.25, 0.3) is 10.8 Å². The Morgan fingerprint density at radius 3 is 2.27 bits per heavy atom. The molecule has 0 radical (unpaired) electrons. The number of aryl methyl sites for hydroxylation is 2. The van der Waals surface area contributed by atoms with Crippen molar-refractivity contribution in [1.29, 1.82) is 0 Å². The van der Waals surface area contributed by atoms with Crippen LogP contribution in [0, 0.1) is 24.6 Å². The fourth-order valence-corrected chi connectivity index (χ4v) is 2.45. The number of hydrogen-bond acceptors (Lipinski definition) is 0. The zero-order chi connectivity index (χ0) is 15.5. The maximum atomic E-state index is 14.0. The minimum absolute atomic E-state index is 0.146. The number of rotatable bonds is 1. The topological polar surface area (TPSA) is 0 Å². The van der Waals surface area contributed by atoms with E-state index in [9.17, 15) is 4.39 Å². The molecule has 0 unspecified atom stereocenters. The van der Waals surface area contributed by atoms with Crippen LogP contribution in [-0.2, 0) is 6.42 Å². The van der Waals surface area contributed by atoms with Gasteiger partial charge in [0.05, 0.1) is 0 Å². The summed E-state index contributed by atoms with van der Waals surface area (Å²) in [6, 6.07) is 17.6. The predicted molar refractivity (Wildman–Crippen MR) is 90.4 cm³/mol. The lowest BCUT2D eigenvalue weighted by Crippen LogP contribution is -1.86. The number of benzene rings is 3. The summed E-state index contributed by atoms with van der Waals surface area (Å²) in [6.07, 6.45) is 1.03. The van der Waals surface area contributed by atoms with Gasteiger partial charge in [-0.1, -0.05) is 49.1 Å². The lowest BCUT2D eigenvalue weighted by molar-refractivity contribution is 0.631. The van der Waals surface area contributed by atoms with Gasteiger partial charge in [-0.05, 0) is 54.1 Å². The summed E-state index contributed by atoms with van der Waals surface area (Å²) in [4.78, 5) is 0. The predicted octanol–water partition coefficient (Wildman–Crippen LogP) is 5.25. The van der Waals surface area contributed by atoms with Crippen LogP contribution in [0.1, 0.15) is 29.2 Å². The van der Waals surface area contributed by atoms with Gasteiger partial charge in [-0.15, -0.1) is 0 Å². The molecule has 3 aromatic rings. The molecule has 0 fully saturated rings. The largest absolute Gasteiger partial charge is 0.206 e. The highest BCUT2D eigenvalue weighted by Crippen LogP contribution is 2.21. The second kappa shape index (κ2) is 6.03. The van der Waals surface area contributed by atoms with Gasteiger partial charge in [0, 0.05) is 16.5 Å². The van der Waals surface area contributed by atoms with Crippen molar-refractivity contribution in [2.45, 2.75) is 20.3 Å². The second-order valence-electron chi connectivity index (χ2n) is 5.43. The Morgan fingerprint density at radius 2 is 1.55 bits per heavy atom. The molecule has 3 rings (SSSR count). The molecule has 3 aromatic carbocycles. The summed E-state index contributed by atoms with van der Waals surface area (Å²) in [5.74, 6) is 6.17. The highest BCUT2D eigenvalue weighted by Gasteiger charge is 2.03. The summed E-state index contributed by atoms with van der Waals surface area (Å²) < 4.78 is 14.0. The van der Waals surface area contributed by atoms with Gasteiger partial charge >= 0.3 is 0 Å². The van der Waals surface area contributed by atoms with E-state index < -0.39 is 0 Å². The first-order valence-electron chi connectivity index (χ1n) is 7.47. The van der Waals surface area contributed by atoms with E-state index in [-0.39, 0.29) is 5.82 Å². The molecule has 0 heterocycles. The Bertz CT molecular complexity index is 877. The monoisotopic (exact) mass is 288 g/mol. The fourth-order valence-electron chi connectivity index (χ4n) is 2.45. The van der Waals surface area contributed by atoms with Crippen LogP contribution in [0.3, 0.4) is 0 Å². The molecular formula is C21H17F. The van der Waals surface area contributed by atoms with E-state index in [1.807, 2.05) is 36.4 Å². The molecule has 0 aromatic heterocycles. The first-order chi connectivity index (χ1) is 10.7. The summed E-state index contributed by atoms with van der Waals surface area (Å²) >= 11 is 0. The molecular weight excluding hydrogens is 271 g/mol. The van der Waals surface area contributed by atoms with Crippen molar-refractivity contribution in [3.63, 3.8) is 0 Å². The Morgan fingerprint density at radius 1 is 0.864 bits per heavy atom. The molecule has 0 saturated carbocycles. The van der Waals surface area contributed by atoms with E-state index in [0.717, 1.165) is 22.9 Å². The van der Waals surface area contributed by atoms with Gasteiger partial charge in [-0.3, -0.25) is 0 Å². The zero-order valence-corrected chi connectivity index (χ0v) is 12.8. The van der Waals surface area contributed by atoms with E-state index in [0.29, 0.717) is 10.9 Å². The first kappa shape index (κ1) is 14.4. The Labute approximate surface area is 130 Å². The van der Waals surface area contributed by atoms with Gasteiger partial charge in [0.1, 0.15) is 5.82 Å². The molecule has 0 aliphatic carbocycles. The third kappa shape index (κ3) is 2.87. The van der Waals surface area contributed by atoms with Crippen LogP contribution >= 0.6 is 0 Å². The van der Waals surface area contributed by atoms with Crippen LogP contribution < -0.4 is 0 Å². The van der Waals surface area contributed by atoms with Gasteiger partial charge in [-0.2, -0.15) is 0 Å². The molecule has 0 N–H and O–H groups in total. The Hall–Kier alpha value is -2.59. The van der Waals surface area contributed by atoms with Gasteiger partial charge in [-0.25, -0.2) is 4.39 Å². The highest BCUT2D eigenvalue weighted by molar-refractivity contribution is 5.85. The van der Waals surface area contributed by atoms with Gasteiger partial charge in [0.2, 0.25) is 0 Å². The zero-order valence-electron chi connectivity index (χ0n) is 12.8. The van der Waals surface area contributed by atoms with E-state index in [4.69, 9.17) is 0 Å². The van der Waals surface area contributed by atoms with Crippen LogP contribution in [0.2, 0.25) is 0 Å². The smallest absolute Gasteiger partial charge is 0.133 e. The van der Waals surface area contributed by atoms with E-state index >= 15 is 0 Å². The Balaban J connectivity index is 1.94. The minimum atomic E-state index is -0.146. The van der Waals surface area contributed by atoms with Gasteiger partial charge < -0.3 is 0 Å². The van der Waals surface area contributed by atoms with E-state index in [1.54, 1.807) is 13.0 Å². The molecule has 0 aliphatic rings. The van der Waals surface area contributed by atoms with E-state index in [1.165, 1.54) is 5.56 Å². The molecule has 0 atom stereocenters. The standard InChI is InChI=1S/C21H17F/c1-3-16-5-7-17(8-6-16)9-10-18-11-13-20-19(14-18)12-4-15(2)21(20)22/h4-8,11-14H,3H2,1-2H3. The first-order valence-corrected chi connectivity index (χ1v) is 7.47. The second-order valence-corrected chi connectivity index (χ2v) is 5.43. The quantitative estimate of drug-likeness (QED) is 0.536. The minimum Gasteiger partial charge on any atom is -0.206 e. The maximum Gasteiger partial charge on any atom is 0.133 e. The molecule has 0 spiro atoms. The average molecular weight is 288 g/mol.